The normalized spacial score (nSPS) is 19.3. The molecule has 42 heavy (non-hydrogen) atoms. The van der Waals surface area contributed by atoms with Gasteiger partial charge in [0.05, 0.1) is 28.7 Å². The van der Waals surface area contributed by atoms with Crippen molar-refractivity contribution in [3.63, 3.8) is 0 Å². The zero-order valence-electron chi connectivity index (χ0n) is 25.3. The van der Waals surface area contributed by atoms with Gasteiger partial charge in [0.25, 0.3) is 0 Å². The number of aromatic nitrogens is 6. The van der Waals surface area contributed by atoms with Gasteiger partial charge in [-0.05, 0) is 51.2 Å². The molecule has 5 heterocycles. The van der Waals surface area contributed by atoms with E-state index in [0.717, 1.165) is 93.9 Å². The highest BCUT2D eigenvalue weighted by atomic mass is 127. The molecule has 0 spiro atoms. The zero-order chi connectivity index (χ0) is 29.9. The molecule has 2 unspecified atom stereocenters. The summed E-state index contributed by atoms with van der Waals surface area (Å²) in [6, 6.07) is 4.60. The molecule has 0 bridgehead atoms. The number of rotatable bonds is 6. The van der Waals surface area contributed by atoms with Crippen molar-refractivity contribution in [3.05, 3.63) is 45.4 Å². The number of aryl methyl sites for hydroxylation is 3. The third-order valence-corrected chi connectivity index (χ3v) is 10.7. The van der Waals surface area contributed by atoms with E-state index in [0.29, 0.717) is 6.54 Å². The van der Waals surface area contributed by atoms with E-state index in [1.54, 1.807) is 9.12 Å². The average Bonchev–Trinajstić information content (AvgIpc) is 3.46. The molecule has 0 aliphatic carbocycles. The summed E-state index contributed by atoms with van der Waals surface area (Å²) in [6.07, 6.45) is 3.00. The van der Waals surface area contributed by atoms with Crippen LogP contribution in [0.4, 0.5) is 11.6 Å². The molecule has 4 aromatic rings. The zero-order valence-corrected chi connectivity index (χ0v) is 29.0. The lowest BCUT2D eigenvalue weighted by Crippen LogP contribution is -2.45. The molecule has 2 aliphatic rings. The van der Waals surface area contributed by atoms with Gasteiger partial charge in [0.2, 0.25) is 0 Å². The van der Waals surface area contributed by atoms with Gasteiger partial charge in [0.15, 0.2) is 5.82 Å². The first-order chi connectivity index (χ1) is 20.1. The second-order valence-electron chi connectivity index (χ2n) is 11.9. The molecule has 1 fully saturated rings. The van der Waals surface area contributed by atoms with E-state index >= 15 is 0 Å². The molecule has 224 valence electrons. The number of halogens is 2. The number of hydrogen-bond donors (Lipinski definition) is 0. The average molecular weight is 721 g/mol. The maximum absolute atomic E-state index is 6.94. The first kappa shape index (κ1) is 30.0. The predicted octanol–water partition coefficient (Wildman–Crippen LogP) is 7.03. The van der Waals surface area contributed by atoms with E-state index in [1.165, 1.54) is 5.56 Å². The van der Waals surface area contributed by atoms with Crippen molar-refractivity contribution in [3.8, 4) is 11.4 Å². The SMILES string of the molecule is COC1CCN(c2nc(-c3c(C)ccc4c3c(C)nn4SI)nc3c2CN(c2c(Cl)c(C(C)C)nn2C)CC3)C(C)C1. The van der Waals surface area contributed by atoms with Crippen LogP contribution in [-0.4, -0.2) is 61.3 Å². The summed E-state index contributed by atoms with van der Waals surface area (Å²) >= 11 is 9.23. The van der Waals surface area contributed by atoms with E-state index in [9.17, 15) is 0 Å². The minimum Gasteiger partial charge on any atom is -0.381 e. The van der Waals surface area contributed by atoms with E-state index in [1.807, 2.05) is 22.9 Å². The van der Waals surface area contributed by atoms with Crippen molar-refractivity contribution < 1.29 is 4.74 Å². The Kier molecular flexibility index (Phi) is 8.40. The number of nitrogens with zero attached hydrogens (tertiary/aromatic N) is 8. The lowest BCUT2D eigenvalue weighted by atomic mass is 9.97. The smallest absolute Gasteiger partial charge is 0.162 e. The van der Waals surface area contributed by atoms with Crippen LogP contribution in [0, 0.1) is 13.8 Å². The summed E-state index contributed by atoms with van der Waals surface area (Å²) in [6.45, 7) is 13.2. The molecule has 0 radical (unpaired) electrons. The summed E-state index contributed by atoms with van der Waals surface area (Å²) in [5.74, 6) is 3.02. The van der Waals surface area contributed by atoms with Gasteiger partial charge in [-0.25, -0.2) is 9.97 Å². The molecule has 2 atom stereocenters. The fraction of sp³-hybridized carbons (Fsp3) is 0.533. The van der Waals surface area contributed by atoms with Crippen molar-refractivity contribution >= 4 is 64.5 Å². The van der Waals surface area contributed by atoms with Gasteiger partial charge < -0.3 is 14.5 Å². The maximum atomic E-state index is 6.94. The number of piperidine rings is 1. The van der Waals surface area contributed by atoms with Crippen LogP contribution < -0.4 is 9.80 Å². The molecule has 0 N–H and O–H groups in total. The molecule has 0 saturated carbocycles. The lowest BCUT2D eigenvalue weighted by molar-refractivity contribution is 0.0719. The maximum Gasteiger partial charge on any atom is 0.162 e. The minimum absolute atomic E-state index is 0.253. The fourth-order valence-corrected chi connectivity index (χ4v) is 8.39. The fourth-order valence-electron chi connectivity index (χ4n) is 6.61. The first-order valence-corrected chi connectivity index (χ1v) is 18.3. The van der Waals surface area contributed by atoms with Crippen molar-refractivity contribution in [2.45, 2.75) is 78.5 Å². The van der Waals surface area contributed by atoms with Crippen LogP contribution in [0.25, 0.3) is 22.3 Å². The topological polar surface area (TPSA) is 77.1 Å². The van der Waals surface area contributed by atoms with Crippen LogP contribution in [0.3, 0.4) is 0 Å². The second kappa shape index (κ2) is 11.8. The molecule has 0 amide bonds. The minimum atomic E-state index is 0.253. The van der Waals surface area contributed by atoms with E-state index in [2.05, 4.69) is 77.8 Å². The Labute approximate surface area is 269 Å². The molecule has 1 aromatic carbocycles. The molecule has 3 aromatic heterocycles. The Bertz CT molecular complexity index is 1650. The standard InChI is InChI=1S/C30H38ClIN8OS/c1-16(2)27-26(31)30(37(6)36-27)38-12-11-22-21(15-38)29(39-13-10-20(41-7)14-18(39)4)34-28(33-22)24-17(3)8-9-23-25(24)19(5)35-40(23)42-32/h8-9,16,18,20H,10-15H2,1-7H3. The summed E-state index contributed by atoms with van der Waals surface area (Å²) in [5, 5.41) is 11.4. The van der Waals surface area contributed by atoms with Crippen LogP contribution in [0.15, 0.2) is 12.1 Å². The van der Waals surface area contributed by atoms with Crippen LogP contribution in [0.1, 0.15) is 67.7 Å². The Morgan fingerprint density at radius 2 is 1.93 bits per heavy atom. The Morgan fingerprint density at radius 3 is 2.60 bits per heavy atom. The van der Waals surface area contributed by atoms with Gasteiger partial charge in [0.1, 0.15) is 16.7 Å². The van der Waals surface area contributed by atoms with Crippen LogP contribution >= 0.6 is 41.9 Å². The molecular weight excluding hydrogens is 683 g/mol. The van der Waals surface area contributed by atoms with Crippen LogP contribution in [0.2, 0.25) is 5.02 Å². The van der Waals surface area contributed by atoms with Crippen molar-refractivity contribution in [1.29, 1.82) is 0 Å². The van der Waals surface area contributed by atoms with Gasteiger partial charge in [-0.3, -0.25) is 4.68 Å². The quantitative estimate of drug-likeness (QED) is 0.197. The number of fused-ring (bicyclic) bond motifs is 2. The van der Waals surface area contributed by atoms with E-state index < -0.39 is 0 Å². The molecule has 6 rings (SSSR count). The number of anilines is 2. The van der Waals surface area contributed by atoms with Crippen molar-refractivity contribution in [2.24, 2.45) is 7.05 Å². The molecule has 1 saturated heterocycles. The number of hydrogen-bond acceptors (Lipinski definition) is 8. The third-order valence-electron chi connectivity index (χ3n) is 8.79. The predicted molar refractivity (Wildman–Crippen MR) is 181 cm³/mol. The van der Waals surface area contributed by atoms with Crippen molar-refractivity contribution in [1.82, 2.24) is 28.9 Å². The van der Waals surface area contributed by atoms with Gasteiger partial charge in [-0.15, -0.1) is 0 Å². The Balaban J connectivity index is 1.51. The first-order valence-electron chi connectivity index (χ1n) is 14.6. The van der Waals surface area contributed by atoms with Gasteiger partial charge in [0, 0.05) is 93.1 Å². The van der Waals surface area contributed by atoms with Gasteiger partial charge in [-0.2, -0.15) is 14.3 Å². The number of benzene rings is 1. The van der Waals surface area contributed by atoms with E-state index in [4.69, 9.17) is 36.5 Å². The summed E-state index contributed by atoms with van der Waals surface area (Å²) in [7, 11) is 5.38. The van der Waals surface area contributed by atoms with Crippen molar-refractivity contribution in [2.75, 3.05) is 30.0 Å². The largest absolute Gasteiger partial charge is 0.381 e. The number of ether oxygens (including phenoxy) is 1. The van der Waals surface area contributed by atoms with E-state index in [-0.39, 0.29) is 18.1 Å². The summed E-state index contributed by atoms with van der Waals surface area (Å²) in [4.78, 5) is 15.5. The summed E-state index contributed by atoms with van der Waals surface area (Å²) in [5.41, 5.74) is 7.53. The highest BCUT2D eigenvalue weighted by molar-refractivity contribution is 14.2. The monoisotopic (exact) mass is 720 g/mol. The molecular formula is C30H38ClIN8OS. The molecule has 2 aliphatic heterocycles. The molecule has 12 heteroatoms. The third kappa shape index (κ3) is 5.07. The van der Waals surface area contributed by atoms with Gasteiger partial charge >= 0.3 is 0 Å². The van der Waals surface area contributed by atoms with Gasteiger partial charge in [-0.1, -0.05) is 31.5 Å². The molecule has 9 nitrogen and oxygen atoms in total. The second-order valence-corrected chi connectivity index (χ2v) is 13.9. The van der Waals surface area contributed by atoms with Crippen LogP contribution in [0.5, 0.6) is 0 Å². The lowest BCUT2D eigenvalue weighted by Gasteiger charge is -2.40. The summed E-state index contributed by atoms with van der Waals surface area (Å²) < 4.78 is 9.67. The van der Waals surface area contributed by atoms with Crippen LogP contribution in [-0.2, 0) is 24.8 Å². The number of methoxy groups -OCH3 is 1. The highest BCUT2D eigenvalue weighted by Gasteiger charge is 2.34. The highest BCUT2D eigenvalue weighted by Crippen LogP contribution is 2.41. The Morgan fingerprint density at radius 1 is 1.14 bits per heavy atom. The Hall–Kier alpha value is -2.09.